The molecule has 3 rings (SSSR count). The van der Waals surface area contributed by atoms with E-state index < -0.39 is 0 Å². The van der Waals surface area contributed by atoms with Crippen LogP contribution in [0.3, 0.4) is 0 Å². The summed E-state index contributed by atoms with van der Waals surface area (Å²) in [5.74, 6) is 0.0183. The highest BCUT2D eigenvalue weighted by Gasteiger charge is 2.13. The molecule has 25 heavy (non-hydrogen) atoms. The summed E-state index contributed by atoms with van der Waals surface area (Å²) in [6, 6.07) is 17.1. The monoisotopic (exact) mass is 334 g/mol. The summed E-state index contributed by atoms with van der Waals surface area (Å²) < 4.78 is 0. The Morgan fingerprint density at radius 2 is 1.88 bits per heavy atom. The highest BCUT2D eigenvalue weighted by Crippen LogP contribution is 2.31. The summed E-state index contributed by atoms with van der Waals surface area (Å²) in [4.78, 5) is 14.8. The topological polar surface area (TPSA) is 44.9 Å². The van der Waals surface area contributed by atoms with Gasteiger partial charge < -0.3 is 10.3 Å². The molecule has 2 aromatic carbocycles. The number of aromatic amines is 1. The van der Waals surface area contributed by atoms with Gasteiger partial charge in [0.2, 0.25) is 5.91 Å². The lowest BCUT2D eigenvalue weighted by molar-refractivity contribution is -0.118. The van der Waals surface area contributed by atoms with Crippen molar-refractivity contribution in [1.82, 2.24) is 10.3 Å². The molecule has 0 atom stereocenters. The summed E-state index contributed by atoms with van der Waals surface area (Å²) in [6.07, 6.45) is 4.35. The van der Waals surface area contributed by atoms with E-state index in [-0.39, 0.29) is 5.91 Å². The molecule has 2 N–H and O–H groups in total. The lowest BCUT2D eigenvalue weighted by Gasteiger charge is -2.07. The molecule has 0 bridgehead atoms. The molecule has 0 aliphatic heterocycles. The van der Waals surface area contributed by atoms with Crippen LogP contribution in [-0.4, -0.2) is 17.4 Å². The number of hydrogen-bond acceptors (Lipinski definition) is 1. The Morgan fingerprint density at radius 3 is 2.60 bits per heavy atom. The Balaban J connectivity index is 2.02. The fourth-order valence-electron chi connectivity index (χ4n) is 3.31. The second-order valence-electron chi connectivity index (χ2n) is 6.56. The largest absolute Gasteiger partial charge is 0.356 e. The first-order valence-electron chi connectivity index (χ1n) is 9.12. The van der Waals surface area contributed by atoms with Gasteiger partial charge in [0, 0.05) is 30.1 Å². The van der Waals surface area contributed by atoms with Crippen LogP contribution in [0.2, 0.25) is 0 Å². The van der Waals surface area contributed by atoms with Crippen molar-refractivity contribution in [3.05, 3.63) is 59.7 Å². The zero-order valence-corrected chi connectivity index (χ0v) is 15.1. The van der Waals surface area contributed by atoms with Gasteiger partial charge in [-0.05, 0) is 48.1 Å². The van der Waals surface area contributed by atoms with Crippen molar-refractivity contribution in [2.45, 2.75) is 39.5 Å². The maximum absolute atomic E-state index is 11.2. The van der Waals surface area contributed by atoms with Crippen molar-refractivity contribution in [2.75, 3.05) is 6.54 Å². The van der Waals surface area contributed by atoms with E-state index in [0.29, 0.717) is 6.54 Å². The molecule has 0 fully saturated rings. The second-order valence-corrected chi connectivity index (χ2v) is 6.56. The average Bonchev–Trinajstić information content (AvgIpc) is 2.98. The van der Waals surface area contributed by atoms with Crippen LogP contribution in [0.4, 0.5) is 0 Å². The standard InChI is InChI=1S/C22H26N2O/c1-3-4-8-17-11-12-21-20(15-17)19(13-14-23-16(2)25)22(24-21)18-9-6-5-7-10-18/h5-7,9-12,15,24H,3-4,8,13-14H2,1-2H3,(H,23,25). The van der Waals surface area contributed by atoms with Crippen molar-refractivity contribution in [2.24, 2.45) is 0 Å². The van der Waals surface area contributed by atoms with Crippen molar-refractivity contribution in [1.29, 1.82) is 0 Å². The zero-order valence-electron chi connectivity index (χ0n) is 15.1. The molecule has 0 spiro atoms. The number of H-pyrrole nitrogens is 1. The smallest absolute Gasteiger partial charge is 0.216 e. The minimum atomic E-state index is 0.0183. The van der Waals surface area contributed by atoms with E-state index in [9.17, 15) is 4.79 Å². The van der Waals surface area contributed by atoms with Gasteiger partial charge in [-0.3, -0.25) is 4.79 Å². The lowest BCUT2D eigenvalue weighted by atomic mass is 10.00. The fraction of sp³-hybridized carbons (Fsp3) is 0.318. The Bertz CT molecular complexity index is 849. The molecule has 0 aliphatic rings. The number of nitrogens with one attached hydrogen (secondary N) is 2. The van der Waals surface area contributed by atoms with E-state index in [1.54, 1.807) is 6.92 Å². The Morgan fingerprint density at radius 1 is 1.08 bits per heavy atom. The number of carbonyl (C=O) groups is 1. The SMILES string of the molecule is CCCCc1ccc2[nH]c(-c3ccccc3)c(CCNC(C)=O)c2c1. The molecule has 1 aromatic heterocycles. The molecule has 0 unspecified atom stereocenters. The molecule has 0 radical (unpaired) electrons. The number of benzene rings is 2. The van der Waals surface area contributed by atoms with Gasteiger partial charge in [0.25, 0.3) is 0 Å². The van der Waals surface area contributed by atoms with Crippen molar-refractivity contribution in [3.8, 4) is 11.3 Å². The maximum Gasteiger partial charge on any atom is 0.216 e. The maximum atomic E-state index is 11.2. The first-order chi connectivity index (χ1) is 12.2. The first kappa shape index (κ1) is 17.3. The van der Waals surface area contributed by atoms with Crippen LogP contribution in [0.5, 0.6) is 0 Å². The van der Waals surface area contributed by atoms with Gasteiger partial charge in [-0.15, -0.1) is 0 Å². The molecule has 3 aromatic rings. The molecule has 3 nitrogen and oxygen atoms in total. The normalized spacial score (nSPS) is 11.0. The molecule has 1 amide bonds. The van der Waals surface area contributed by atoms with Crippen LogP contribution in [0.15, 0.2) is 48.5 Å². The van der Waals surface area contributed by atoms with E-state index in [2.05, 4.69) is 59.7 Å². The second kappa shape index (κ2) is 8.02. The summed E-state index contributed by atoms with van der Waals surface area (Å²) in [5, 5.41) is 4.20. The molecule has 130 valence electrons. The highest BCUT2D eigenvalue weighted by molar-refractivity contribution is 5.91. The van der Waals surface area contributed by atoms with Crippen molar-refractivity contribution >= 4 is 16.8 Å². The Labute approximate surface area is 149 Å². The van der Waals surface area contributed by atoms with Gasteiger partial charge in [0.05, 0.1) is 0 Å². The van der Waals surface area contributed by atoms with Crippen LogP contribution < -0.4 is 5.32 Å². The summed E-state index contributed by atoms with van der Waals surface area (Å²) in [7, 11) is 0. The average molecular weight is 334 g/mol. The molecule has 0 saturated carbocycles. The first-order valence-corrected chi connectivity index (χ1v) is 9.12. The van der Waals surface area contributed by atoms with Gasteiger partial charge in [0.1, 0.15) is 0 Å². The van der Waals surface area contributed by atoms with Gasteiger partial charge >= 0.3 is 0 Å². The van der Waals surface area contributed by atoms with Gasteiger partial charge in [0.15, 0.2) is 0 Å². The van der Waals surface area contributed by atoms with Crippen molar-refractivity contribution in [3.63, 3.8) is 0 Å². The third-order valence-corrected chi connectivity index (χ3v) is 4.60. The molecular formula is C22H26N2O. The Hall–Kier alpha value is -2.55. The number of hydrogen-bond donors (Lipinski definition) is 2. The number of fused-ring (bicyclic) bond motifs is 1. The van der Waals surface area contributed by atoms with Gasteiger partial charge in [-0.1, -0.05) is 49.7 Å². The minimum Gasteiger partial charge on any atom is -0.356 e. The lowest BCUT2D eigenvalue weighted by Crippen LogP contribution is -2.22. The Kier molecular flexibility index (Phi) is 5.54. The number of rotatable bonds is 7. The van der Waals surface area contributed by atoms with E-state index in [1.165, 1.54) is 34.9 Å². The third kappa shape index (κ3) is 4.11. The fourth-order valence-corrected chi connectivity index (χ4v) is 3.31. The molecule has 1 heterocycles. The van der Waals surface area contributed by atoms with Crippen LogP contribution in [0.1, 0.15) is 37.8 Å². The number of carbonyl (C=O) groups excluding carboxylic acids is 1. The van der Waals surface area contributed by atoms with E-state index in [4.69, 9.17) is 0 Å². The molecule has 0 aliphatic carbocycles. The van der Waals surface area contributed by atoms with Crippen LogP contribution in [0.25, 0.3) is 22.2 Å². The van der Waals surface area contributed by atoms with E-state index in [0.717, 1.165) is 24.1 Å². The van der Waals surface area contributed by atoms with Gasteiger partial charge in [-0.2, -0.15) is 0 Å². The predicted octanol–water partition coefficient (Wildman–Crippen LogP) is 4.86. The summed E-state index contributed by atoms with van der Waals surface area (Å²) in [5.41, 5.74) is 6.18. The number of aromatic nitrogens is 1. The minimum absolute atomic E-state index is 0.0183. The van der Waals surface area contributed by atoms with Crippen LogP contribution in [0, 0.1) is 0 Å². The zero-order chi connectivity index (χ0) is 17.6. The number of aryl methyl sites for hydroxylation is 1. The summed E-state index contributed by atoms with van der Waals surface area (Å²) in [6.45, 7) is 4.44. The predicted molar refractivity (Wildman–Crippen MR) is 105 cm³/mol. The number of unbranched alkanes of at least 4 members (excludes halogenated alkanes) is 1. The molecular weight excluding hydrogens is 308 g/mol. The highest BCUT2D eigenvalue weighted by atomic mass is 16.1. The molecule has 0 saturated heterocycles. The van der Waals surface area contributed by atoms with Crippen molar-refractivity contribution < 1.29 is 4.79 Å². The van der Waals surface area contributed by atoms with E-state index >= 15 is 0 Å². The van der Waals surface area contributed by atoms with Gasteiger partial charge in [-0.25, -0.2) is 0 Å². The third-order valence-electron chi connectivity index (χ3n) is 4.60. The quantitative estimate of drug-likeness (QED) is 0.637. The summed E-state index contributed by atoms with van der Waals surface area (Å²) >= 11 is 0. The molecule has 3 heteroatoms. The van der Waals surface area contributed by atoms with E-state index in [1.807, 2.05) is 6.07 Å². The van der Waals surface area contributed by atoms with Crippen LogP contribution in [-0.2, 0) is 17.6 Å². The number of amides is 1. The van der Waals surface area contributed by atoms with Crippen LogP contribution >= 0.6 is 0 Å².